The van der Waals surface area contributed by atoms with Crippen molar-refractivity contribution < 1.29 is 19.4 Å². The van der Waals surface area contributed by atoms with Crippen LogP contribution in [0.4, 0.5) is 0 Å². The molecule has 3 rings (SSSR count). The summed E-state index contributed by atoms with van der Waals surface area (Å²) in [4.78, 5) is 15.1. The van der Waals surface area contributed by atoms with E-state index in [2.05, 4.69) is 4.98 Å². The highest BCUT2D eigenvalue weighted by atomic mass is 32.1. The van der Waals surface area contributed by atoms with Gasteiger partial charge in [-0.1, -0.05) is 23.5 Å². The number of carboxylic acids is 1. The molecule has 112 valence electrons. The number of aliphatic carboxylic acids is 1. The van der Waals surface area contributed by atoms with Crippen molar-refractivity contribution in [1.82, 2.24) is 4.98 Å². The summed E-state index contributed by atoms with van der Waals surface area (Å²) in [6.45, 7) is 1.48. The molecule has 1 N–H and O–H groups in total. The lowest BCUT2D eigenvalue weighted by Gasteiger charge is -2.10. The fourth-order valence-electron chi connectivity index (χ4n) is 1.84. The second-order valence-electron chi connectivity index (χ2n) is 4.62. The lowest BCUT2D eigenvalue weighted by molar-refractivity contribution is -0.144. The number of hydrogen-bond donors (Lipinski definition) is 1. The van der Waals surface area contributed by atoms with Gasteiger partial charge >= 0.3 is 5.97 Å². The van der Waals surface area contributed by atoms with E-state index in [1.54, 1.807) is 24.3 Å². The monoisotopic (exact) mass is 315 g/mol. The SMILES string of the molecule is C[C@@H](Oc1ccc(Oc2nc3ccccc3s2)cc1)C(=O)O. The van der Waals surface area contributed by atoms with Crippen LogP contribution in [0.2, 0.25) is 0 Å². The summed E-state index contributed by atoms with van der Waals surface area (Å²) in [5.41, 5.74) is 0.901. The van der Waals surface area contributed by atoms with Gasteiger partial charge < -0.3 is 14.6 Å². The zero-order chi connectivity index (χ0) is 15.5. The quantitative estimate of drug-likeness (QED) is 0.772. The van der Waals surface area contributed by atoms with Crippen molar-refractivity contribution in [3.05, 3.63) is 48.5 Å². The molecule has 1 atom stereocenters. The van der Waals surface area contributed by atoms with E-state index in [0.29, 0.717) is 16.7 Å². The summed E-state index contributed by atoms with van der Waals surface area (Å²) in [5.74, 6) is 0.0933. The Hall–Kier alpha value is -2.60. The Morgan fingerprint density at radius 3 is 2.50 bits per heavy atom. The third-order valence-corrected chi connectivity index (χ3v) is 3.88. The Labute approximate surface area is 130 Å². The first-order valence-corrected chi connectivity index (χ1v) is 7.46. The van der Waals surface area contributed by atoms with E-state index in [4.69, 9.17) is 14.6 Å². The third-order valence-electron chi connectivity index (χ3n) is 2.96. The number of aromatic nitrogens is 1. The molecule has 0 spiro atoms. The molecule has 0 unspecified atom stereocenters. The number of thiazole rings is 1. The molecule has 22 heavy (non-hydrogen) atoms. The van der Waals surface area contributed by atoms with Crippen molar-refractivity contribution in [2.45, 2.75) is 13.0 Å². The molecule has 0 saturated heterocycles. The highest BCUT2D eigenvalue weighted by Gasteiger charge is 2.12. The van der Waals surface area contributed by atoms with Crippen LogP contribution >= 0.6 is 11.3 Å². The number of rotatable bonds is 5. The van der Waals surface area contributed by atoms with Crippen LogP contribution in [0.25, 0.3) is 10.2 Å². The molecule has 1 aromatic heterocycles. The first-order valence-electron chi connectivity index (χ1n) is 6.65. The van der Waals surface area contributed by atoms with Crippen LogP contribution in [0.1, 0.15) is 6.92 Å². The van der Waals surface area contributed by atoms with Crippen LogP contribution in [0, 0.1) is 0 Å². The summed E-state index contributed by atoms with van der Waals surface area (Å²) < 4.78 is 12.0. The van der Waals surface area contributed by atoms with E-state index >= 15 is 0 Å². The number of carboxylic acid groups (broad SMARTS) is 1. The molecule has 0 aliphatic heterocycles. The minimum atomic E-state index is -1.00. The van der Waals surface area contributed by atoms with E-state index in [-0.39, 0.29) is 0 Å². The predicted molar refractivity (Wildman–Crippen MR) is 83.9 cm³/mol. The van der Waals surface area contributed by atoms with Gasteiger partial charge in [0.25, 0.3) is 5.19 Å². The molecular weight excluding hydrogens is 302 g/mol. The molecule has 0 radical (unpaired) electrons. The van der Waals surface area contributed by atoms with Gasteiger partial charge in [0.1, 0.15) is 11.5 Å². The molecule has 0 aliphatic rings. The number of para-hydroxylation sites is 1. The fourth-order valence-corrected chi connectivity index (χ4v) is 2.67. The maximum Gasteiger partial charge on any atom is 0.344 e. The molecule has 1 heterocycles. The van der Waals surface area contributed by atoms with Crippen molar-refractivity contribution in [1.29, 1.82) is 0 Å². The van der Waals surface area contributed by atoms with E-state index in [1.807, 2.05) is 24.3 Å². The van der Waals surface area contributed by atoms with Gasteiger partial charge in [-0.3, -0.25) is 0 Å². The van der Waals surface area contributed by atoms with Gasteiger partial charge in [0.05, 0.1) is 10.2 Å². The summed E-state index contributed by atoms with van der Waals surface area (Å²) in [5, 5.41) is 9.37. The average Bonchev–Trinajstić information content (AvgIpc) is 2.91. The highest BCUT2D eigenvalue weighted by Crippen LogP contribution is 2.31. The van der Waals surface area contributed by atoms with Crippen LogP contribution < -0.4 is 9.47 Å². The maximum absolute atomic E-state index is 10.7. The van der Waals surface area contributed by atoms with Crippen LogP contribution in [0.15, 0.2) is 48.5 Å². The molecular formula is C16H13NO4S. The van der Waals surface area contributed by atoms with Crippen LogP contribution in [-0.4, -0.2) is 22.2 Å². The van der Waals surface area contributed by atoms with Crippen molar-refractivity contribution in [2.75, 3.05) is 0 Å². The molecule has 2 aromatic carbocycles. The van der Waals surface area contributed by atoms with E-state index in [1.165, 1.54) is 18.3 Å². The number of hydrogen-bond acceptors (Lipinski definition) is 5. The molecule has 0 saturated carbocycles. The Morgan fingerprint density at radius 2 is 1.82 bits per heavy atom. The van der Waals surface area contributed by atoms with Crippen LogP contribution in [0.3, 0.4) is 0 Å². The largest absolute Gasteiger partial charge is 0.479 e. The normalized spacial score (nSPS) is 12.0. The van der Waals surface area contributed by atoms with Crippen molar-refractivity contribution in [2.24, 2.45) is 0 Å². The molecule has 0 bridgehead atoms. The number of ether oxygens (including phenoxy) is 2. The van der Waals surface area contributed by atoms with Crippen LogP contribution in [-0.2, 0) is 4.79 Å². The minimum Gasteiger partial charge on any atom is -0.479 e. The Balaban J connectivity index is 1.71. The number of nitrogens with zero attached hydrogens (tertiary/aromatic N) is 1. The fraction of sp³-hybridized carbons (Fsp3) is 0.125. The summed E-state index contributed by atoms with van der Waals surface area (Å²) >= 11 is 1.47. The smallest absolute Gasteiger partial charge is 0.344 e. The van der Waals surface area contributed by atoms with Gasteiger partial charge in [-0.05, 0) is 43.3 Å². The summed E-state index contributed by atoms with van der Waals surface area (Å²) in [7, 11) is 0. The molecule has 5 nitrogen and oxygen atoms in total. The van der Waals surface area contributed by atoms with Gasteiger partial charge in [-0.2, -0.15) is 0 Å². The van der Waals surface area contributed by atoms with E-state index in [0.717, 1.165) is 10.2 Å². The summed E-state index contributed by atoms with van der Waals surface area (Å²) in [6, 6.07) is 14.6. The third kappa shape index (κ3) is 3.17. The van der Waals surface area contributed by atoms with Gasteiger partial charge in [0.15, 0.2) is 6.10 Å². The number of benzene rings is 2. The van der Waals surface area contributed by atoms with E-state index < -0.39 is 12.1 Å². The number of fused-ring (bicyclic) bond motifs is 1. The Kier molecular flexibility index (Phi) is 3.93. The lowest BCUT2D eigenvalue weighted by atomic mass is 10.3. The standard InChI is InChI=1S/C16H13NO4S/c1-10(15(18)19)20-11-6-8-12(9-7-11)21-16-17-13-4-2-3-5-14(13)22-16/h2-10H,1H3,(H,18,19)/t10-/m1/s1. The van der Waals surface area contributed by atoms with Crippen molar-refractivity contribution in [3.63, 3.8) is 0 Å². The molecule has 3 aromatic rings. The second-order valence-corrected chi connectivity index (χ2v) is 5.61. The van der Waals surface area contributed by atoms with Gasteiger partial charge in [0, 0.05) is 0 Å². The highest BCUT2D eigenvalue weighted by molar-refractivity contribution is 7.20. The second kappa shape index (κ2) is 6.03. The minimum absolute atomic E-state index is 0.478. The predicted octanol–water partition coefficient (Wildman–Crippen LogP) is 3.94. The van der Waals surface area contributed by atoms with Crippen molar-refractivity contribution >= 4 is 27.5 Å². The van der Waals surface area contributed by atoms with Crippen LogP contribution in [0.5, 0.6) is 16.7 Å². The topological polar surface area (TPSA) is 68.7 Å². The zero-order valence-electron chi connectivity index (χ0n) is 11.7. The van der Waals surface area contributed by atoms with Gasteiger partial charge in [-0.15, -0.1) is 0 Å². The maximum atomic E-state index is 10.7. The van der Waals surface area contributed by atoms with E-state index in [9.17, 15) is 4.79 Å². The summed E-state index contributed by atoms with van der Waals surface area (Å²) in [6.07, 6.45) is -0.893. The van der Waals surface area contributed by atoms with Gasteiger partial charge in [0.2, 0.25) is 0 Å². The van der Waals surface area contributed by atoms with Gasteiger partial charge in [-0.25, -0.2) is 9.78 Å². The zero-order valence-corrected chi connectivity index (χ0v) is 12.5. The molecule has 6 heteroatoms. The lowest BCUT2D eigenvalue weighted by Crippen LogP contribution is -2.22. The average molecular weight is 315 g/mol. The first kappa shape index (κ1) is 14.3. The Morgan fingerprint density at radius 1 is 1.14 bits per heavy atom. The molecule has 0 amide bonds. The van der Waals surface area contributed by atoms with Crippen molar-refractivity contribution in [3.8, 4) is 16.7 Å². The Bertz CT molecular complexity index is 764. The number of carbonyl (C=O) groups is 1. The molecule has 0 fully saturated rings. The molecule has 0 aliphatic carbocycles. The first-order chi connectivity index (χ1) is 10.6.